The van der Waals surface area contributed by atoms with E-state index >= 15 is 0 Å². The molecule has 0 fully saturated rings. The molecule has 6 heteroatoms. The maximum atomic E-state index is 9.93. The Balaban J connectivity index is 2.36. The SMILES string of the molecule is Cc1ccc(OCC(C)O)c2c1C(CN)OB2O. The minimum absolute atomic E-state index is 0.176. The van der Waals surface area contributed by atoms with Gasteiger partial charge in [0.25, 0.3) is 0 Å². The van der Waals surface area contributed by atoms with Gasteiger partial charge >= 0.3 is 7.12 Å². The van der Waals surface area contributed by atoms with Crippen molar-refractivity contribution in [1.82, 2.24) is 0 Å². The van der Waals surface area contributed by atoms with Crippen molar-refractivity contribution in [3.8, 4) is 5.75 Å². The Kier molecular flexibility index (Phi) is 3.92. The summed E-state index contributed by atoms with van der Waals surface area (Å²) in [5.41, 5.74) is 8.18. The Morgan fingerprint density at radius 3 is 2.89 bits per heavy atom. The number of aliphatic hydroxyl groups is 1. The molecule has 0 spiro atoms. The molecule has 18 heavy (non-hydrogen) atoms. The van der Waals surface area contributed by atoms with Crippen LogP contribution >= 0.6 is 0 Å². The molecule has 1 aliphatic heterocycles. The van der Waals surface area contributed by atoms with Crippen LogP contribution in [0.15, 0.2) is 12.1 Å². The number of benzene rings is 1. The Hall–Kier alpha value is -1.08. The van der Waals surface area contributed by atoms with Crippen molar-refractivity contribution in [1.29, 1.82) is 0 Å². The van der Waals surface area contributed by atoms with E-state index in [1.54, 1.807) is 13.0 Å². The normalized spacial score (nSPS) is 19.8. The van der Waals surface area contributed by atoms with Gasteiger partial charge in [-0.3, -0.25) is 0 Å². The summed E-state index contributed by atoms with van der Waals surface area (Å²) in [6.45, 7) is 4.08. The minimum Gasteiger partial charge on any atom is -0.491 e. The third kappa shape index (κ3) is 2.37. The van der Waals surface area contributed by atoms with E-state index < -0.39 is 13.2 Å². The van der Waals surface area contributed by atoms with E-state index in [0.717, 1.165) is 11.1 Å². The summed E-state index contributed by atoms with van der Waals surface area (Å²) in [6, 6.07) is 3.68. The Bertz CT molecular complexity index is 438. The molecule has 98 valence electrons. The van der Waals surface area contributed by atoms with Crippen LogP contribution in [0.2, 0.25) is 0 Å². The van der Waals surface area contributed by atoms with Gasteiger partial charge in [0.1, 0.15) is 12.4 Å². The second-order valence-corrected chi connectivity index (χ2v) is 4.58. The van der Waals surface area contributed by atoms with Gasteiger partial charge in [-0.2, -0.15) is 0 Å². The molecule has 1 aromatic carbocycles. The van der Waals surface area contributed by atoms with Gasteiger partial charge in [-0.25, -0.2) is 0 Å². The van der Waals surface area contributed by atoms with Crippen molar-refractivity contribution in [3.63, 3.8) is 0 Å². The number of aliphatic hydroxyl groups excluding tert-OH is 1. The minimum atomic E-state index is -1.02. The van der Waals surface area contributed by atoms with Gasteiger partial charge in [0, 0.05) is 12.0 Å². The molecule has 2 atom stereocenters. The monoisotopic (exact) mass is 251 g/mol. The third-order valence-electron chi connectivity index (χ3n) is 3.02. The number of aryl methyl sites for hydroxylation is 1. The summed E-state index contributed by atoms with van der Waals surface area (Å²) in [5, 5.41) is 19.2. The zero-order chi connectivity index (χ0) is 13.3. The van der Waals surface area contributed by atoms with Crippen LogP contribution in [0.25, 0.3) is 0 Å². The largest absolute Gasteiger partial charge is 0.495 e. The number of nitrogens with two attached hydrogens (primary N) is 1. The lowest BCUT2D eigenvalue weighted by atomic mass is 9.77. The average molecular weight is 251 g/mol. The molecule has 0 bridgehead atoms. The van der Waals surface area contributed by atoms with Crippen LogP contribution < -0.4 is 15.9 Å². The van der Waals surface area contributed by atoms with Gasteiger partial charge in [0.05, 0.1) is 12.2 Å². The summed E-state index contributed by atoms with van der Waals surface area (Å²) >= 11 is 0. The number of ether oxygens (including phenoxy) is 1. The molecule has 2 unspecified atom stereocenters. The summed E-state index contributed by atoms with van der Waals surface area (Å²) < 4.78 is 10.9. The molecule has 5 nitrogen and oxygen atoms in total. The molecule has 0 saturated heterocycles. The number of fused-ring (bicyclic) bond motifs is 1. The third-order valence-corrected chi connectivity index (χ3v) is 3.02. The molecular formula is C12H18BNO4. The molecule has 1 aliphatic rings. The van der Waals surface area contributed by atoms with Crippen LogP contribution in [-0.4, -0.2) is 36.5 Å². The fourth-order valence-electron chi connectivity index (χ4n) is 2.21. The fraction of sp³-hybridized carbons (Fsp3) is 0.500. The van der Waals surface area contributed by atoms with E-state index in [-0.39, 0.29) is 12.7 Å². The van der Waals surface area contributed by atoms with Crippen molar-refractivity contribution >= 4 is 12.6 Å². The molecule has 2 rings (SSSR count). The van der Waals surface area contributed by atoms with Gasteiger partial charge in [0.15, 0.2) is 0 Å². The fourth-order valence-corrected chi connectivity index (χ4v) is 2.21. The average Bonchev–Trinajstić information content (AvgIpc) is 2.67. The lowest BCUT2D eigenvalue weighted by molar-refractivity contribution is 0.123. The predicted octanol–water partition coefficient (Wildman–Crippen LogP) is -0.528. The first-order valence-corrected chi connectivity index (χ1v) is 6.02. The maximum absolute atomic E-state index is 9.93. The molecule has 1 heterocycles. The molecule has 0 radical (unpaired) electrons. The van der Waals surface area contributed by atoms with Crippen molar-refractivity contribution in [2.24, 2.45) is 5.73 Å². The number of hydrogen-bond acceptors (Lipinski definition) is 5. The molecule has 0 amide bonds. The van der Waals surface area contributed by atoms with Crippen LogP contribution in [0, 0.1) is 6.92 Å². The highest BCUT2D eigenvalue weighted by Crippen LogP contribution is 2.29. The van der Waals surface area contributed by atoms with E-state index in [0.29, 0.717) is 17.8 Å². The maximum Gasteiger partial charge on any atom is 0.495 e. The summed E-state index contributed by atoms with van der Waals surface area (Å²) in [5.74, 6) is 0.542. The summed E-state index contributed by atoms with van der Waals surface area (Å²) in [7, 11) is -1.02. The molecule has 0 saturated carbocycles. The molecule has 0 aliphatic carbocycles. The highest BCUT2D eigenvalue weighted by Gasteiger charge is 2.38. The first kappa shape index (κ1) is 13.4. The number of hydrogen-bond donors (Lipinski definition) is 3. The second kappa shape index (κ2) is 5.28. The Labute approximate surface area is 107 Å². The van der Waals surface area contributed by atoms with Crippen LogP contribution in [0.1, 0.15) is 24.2 Å². The van der Waals surface area contributed by atoms with Crippen molar-refractivity contribution < 1.29 is 19.5 Å². The topological polar surface area (TPSA) is 84.9 Å². The first-order valence-electron chi connectivity index (χ1n) is 6.02. The number of rotatable bonds is 4. The highest BCUT2D eigenvalue weighted by molar-refractivity contribution is 6.63. The smallest absolute Gasteiger partial charge is 0.491 e. The lowest BCUT2D eigenvalue weighted by Crippen LogP contribution is -2.31. The predicted molar refractivity (Wildman–Crippen MR) is 68.8 cm³/mol. The summed E-state index contributed by atoms with van der Waals surface area (Å²) in [4.78, 5) is 0. The van der Waals surface area contributed by atoms with E-state index in [1.165, 1.54) is 0 Å². The van der Waals surface area contributed by atoms with E-state index in [1.807, 2.05) is 13.0 Å². The van der Waals surface area contributed by atoms with Crippen LogP contribution in [0.3, 0.4) is 0 Å². The molecule has 1 aromatic rings. The molecular weight excluding hydrogens is 233 g/mol. The summed E-state index contributed by atoms with van der Waals surface area (Å²) in [6.07, 6.45) is -0.864. The second-order valence-electron chi connectivity index (χ2n) is 4.58. The molecule has 0 aromatic heterocycles. The Morgan fingerprint density at radius 1 is 1.56 bits per heavy atom. The van der Waals surface area contributed by atoms with Crippen LogP contribution in [0.4, 0.5) is 0 Å². The van der Waals surface area contributed by atoms with Crippen molar-refractivity contribution in [2.45, 2.75) is 26.1 Å². The zero-order valence-corrected chi connectivity index (χ0v) is 10.6. The quantitative estimate of drug-likeness (QED) is 0.626. The first-order chi connectivity index (χ1) is 8.54. The van der Waals surface area contributed by atoms with Gasteiger partial charge in [-0.05, 0) is 31.0 Å². The van der Waals surface area contributed by atoms with Gasteiger partial charge in [-0.1, -0.05) is 6.07 Å². The van der Waals surface area contributed by atoms with Gasteiger partial charge in [-0.15, -0.1) is 0 Å². The lowest BCUT2D eigenvalue weighted by Gasteiger charge is -2.15. The van der Waals surface area contributed by atoms with Crippen molar-refractivity contribution in [3.05, 3.63) is 23.3 Å². The zero-order valence-electron chi connectivity index (χ0n) is 10.6. The van der Waals surface area contributed by atoms with Crippen LogP contribution in [-0.2, 0) is 4.65 Å². The van der Waals surface area contributed by atoms with Gasteiger partial charge in [0.2, 0.25) is 0 Å². The standard InChI is InChI=1S/C12H18BNO4/c1-7-3-4-9(17-6-8(2)15)12-11(7)10(5-14)18-13(12)16/h3-4,8,10,15-16H,5-6,14H2,1-2H3. The van der Waals surface area contributed by atoms with Crippen LogP contribution in [0.5, 0.6) is 5.75 Å². The van der Waals surface area contributed by atoms with E-state index in [9.17, 15) is 10.1 Å². The molecule has 4 N–H and O–H groups in total. The Morgan fingerprint density at radius 2 is 2.28 bits per heavy atom. The van der Waals surface area contributed by atoms with E-state index in [4.69, 9.17) is 15.1 Å². The van der Waals surface area contributed by atoms with E-state index in [2.05, 4.69) is 0 Å². The van der Waals surface area contributed by atoms with Gasteiger partial charge < -0.3 is 25.3 Å². The highest BCUT2D eigenvalue weighted by atomic mass is 16.5. The van der Waals surface area contributed by atoms with Crippen molar-refractivity contribution in [2.75, 3.05) is 13.2 Å².